The topological polar surface area (TPSA) is 80.3 Å². The maximum absolute atomic E-state index is 12.4. The van der Waals surface area contributed by atoms with Gasteiger partial charge in [0.15, 0.2) is 8.32 Å². The molecule has 0 rings (SSSR count). The number of hydrogen-bond acceptors (Lipinski definition) is 8. The van der Waals surface area contributed by atoms with Gasteiger partial charge in [-0.2, -0.15) is 0 Å². The zero-order chi connectivity index (χ0) is 34.3. The molecule has 0 radical (unpaired) electrons. The normalized spacial score (nSPS) is 18.2. The number of rotatable bonds is 22. The molecule has 0 N–H and O–H groups in total. The number of thioether (sulfide) groups is 1. The number of carbonyl (C=O) groups excluding carboxylic acids is 2. The Bertz CT molecular complexity index is 849. The fraction of sp³-hybridized carbons (Fsp3) is 0.886. The average Bonchev–Trinajstić information content (AvgIpc) is 2.93. The van der Waals surface area contributed by atoms with Gasteiger partial charge in [0.2, 0.25) is 0 Å². The number of aldehydes is 1. The minimum atomic E-state index is -2.10. The van der Waals surface area contributed by atoms with E-state index in [-0.39, 0.29) is 47.3 Å². The molecule has 0 aromatic carbocycles. The van der Waals surface area contributed by atoms with E-state index >= 15 is 0 Å². The number of hydrogen-bond donors (Lipinski definition) is 0. The molecule has 0 aliphatic carbocycles. The molecule has 7 nitrogen and oxygen atoms in total. The minimum Gasteiger partial charge on any atom is -0.465 e. The van der Waals surface area contributed by atoms with Crippen LogP contribution in [0.5, 0.6) is 0 Å². The largest absolute Gasteiger partial charge is 0.465 e. The second kappa shape index (κ2) is 20.5. The van der Waals surface area contributed by atoms with Gasteiger partial charge in [-0.15, -0.1) is 11.8 Å². The van der Waals surface area contributed by atoms with Gasteiger partial charge in [0, 0.05) is 26.6 Å². The van der Waals surface area contributed by atoms with Crippen molar-refractivity contribution in [1.82, 2.24) is 0 Å². The predicted octanol–water partition coefficient (Wildman–Crippen LogP) is 8.71. The predicted molar refractivity (Wildman–Crippen MR) is 188 cm³/mol. The standard InChI is InChI=1S/C35H68O7SSi/c1-25(22-29(23-36)38-11)16-17-26(2)30(39-12)19-18-27(3)32(42-44(14,15)35(8,9)10)28(4)31(41-24-43-13)20-21-40-33(37)34(5,6)7/h17,23,25,27-32H,16,18-22,24H2,1-15H3/b26-17+/t25-,27-,28-,29-,30+,31-,32-/m1/s1. The number of methoxy groups -OCH3 is 2. The number of carbonyl (C=O) groups is 2. The van der Waals surface area contributed by atoms with Crippen LogP contribution in [0, 0.1) is 23.2 Å². The molecule has 0 bridgehead atoms. The SMILES string of the molecule is CO[C@@H](CC[C@@H](C)[C@@H](O[Si](C)(C)C(C)(C)C)[C@H](C)[C@@H](CCOC(=O)C(C)(C)C)OCSC)/C(C)=C/C[C@@H](C)C[C@H](C=O)OC. The molecule has 0 aliphatic heterocycles. The van der Waals surface area contributed by atoms with Crippen molar-refractivity contribution in [2.75, 3.05) is 33.0 Å². The van der Waals surface area contributed by atoms with Crippen LogP contribution < -0.4 is 0 Å². The summed E-state index contributed by atoms with van der Waals surface area (Å²) in [5.41, 5.74) is 0.678. The molecule has 0 aromatic heterocycles. The first-order chi connectivity index (χ1) is 20.2. The molecule has 260 valence electrons. The van der Waals surface area contributed by atoms with E-state index in [2.05, 4.69) is 67.6 Å². The Morgan fingerprint density at radius 2 is 1.57 bits per heavy atom. The van der Waals surface area contributed by atoms with E-state index in [0.29, 0.717) is 31.3 Å². The Morgan fingerprint density at radius 3 is 2.05 bits per heavy atom. The first kappa shape index (κ1) is 43.3. The summed E-state index contributed by atoms with van der Waals surface area (Å²) in [5, 5.41) is 0.0688. The van der Waals surface area contributed by atoms with Gasteiger partial charge in [0.25, 0.3) is 0 Å². The van der Waals surface area contributed by atoms with Crippen molar-refractivity contribution in [1.29, 1.82) is 0 Å². The Labute approximate surface area is 276 Å². The number of ether oxygens (including phenoxy) is 4. The van der Waals surface area contributed by atoms with Crippen molar-refractivity contribution in [2.24, 2.45) is 23.2 Å². The highest BCUT2D eigenvalue weighted by Crippen LogP contribution is 2.41. The fourth-order valence-electron chi connectivity index (χ4n) is 4.94. The van der Waals surface area contributed by atoms with Gasteiger partial charge in [-0.3, -0.25) is 4.79 Å². The summed E-state index contributed by atoms with van der Waals surface area (Å²) in [6, 6.07) is 0. The maximum atomic E-state index is 12.4. The first-order valence-electron chi connectivity index (χ1n) is 16.4. The Kier molecular flexibility index (Phi) is 20.2. The second-order valence-corrected chi connectivity index (χ2v) is 20.8. The summed E-state index contributed by atoms with van der Waals surface area (Å²) in [5.74, 6) is 1.08. The van der Waals surface area contributed by atoms with Gasteiger partial charge in [-0.25, -0.2) is 0 Å². The smallest absolute Gasteiger partial charge is 0.311 e. The summed E-state index contributed by atoms with van der Waals surface area (Å²) in [7, 11) is 1.26. The molecule has 0 unspecified atom stereocenters. The lowest BCUT2D eigenvalue weighted by Gasteiger charge is -2.44. The molecule has 0 saturated heterocycles. The summed E-state index contributed by atoms with van der Waals surface area (Å²) in [6.45, 7) is 26.2. The van der Waals surface area contributed by atoms with Crippen LogP contribution in [0.1, 0.15) is 101 Å². The van der Waals surface area contributed by atoms with Crippen LogP contribution in [-0.4, -0.2) is 78.0 Å². The van der Waals surface area contributed by atoms with E-state index in [1.54, 1.807) is 26.0 Å². The van der Waals surface area contributed by atoms with Crippen molar-refractivity contribution in [3.05, 3.63) is 11.6 Å². The van der Waals surface area contributed by atoms with Gasteiger partial charge in [0.1, 0.15) is 12.4 Å². The number of allylic oxidation sites excluding steroid dienone is 1. The van der Waals surface area contributed by atoms with Crippen LogP contribution in [0.4, 0.5) is 0 Å². The monoisotopic (exact) mass is 660 g/mol. The molecule has 0 aromatic rings. The highest BCUT2D eigenvalue weighted by molar-refractivity contribution is 7.98. The van der Waals surface area contributed by atoms with E-state index in [4.69, 9.17) is 23.4 Å². The van der Waals surface area contributed by atoms with Gasteiger partial charge >= 0.3 is 5.97 Å². The lowest BCUT2D eigenvalue weighted by atomic mass is 9.84. The second-order valence-electron chi connectivity index (χ2n) is 15.2. The Hall–Kier alpha value is -0.713. The number of esters is 1. The van der Waals surface area contributed by atoms with Crippen molar-refractivity contribution in [2.45, 2.75) is 144 Å². The molecule has 0 amide bonds. The quantitative estimate of drug-likeness (QED) is 0.0375. The third kappa shape index (κ3) is 15.7. The van der Waals surface area contributed by atoms with Crippen molar-refractivity contribution >= 4 is 32.3 Å². The van der Waals surface area contributed by atoms with Crippen LogP contribution in [0.25, 0.3) is 0 Å². The molecule has 7 atom stereocenters. The zero-order valence-corrected chi connectivity index (χ0v) is 32.7. The zero-order valence-electron chi connectivity index (χ0n) is 30.9. The molecule has 0 aliphatic rings. The van der Waals surface area contributed by atoms with E-state index in [1.165, 1.54) is 5.57 Å². The summed E-state index contributed by atoms with van der Waals surface area (Å²) in [4.78, 5) is 23.6. The van der Waals surface area contributed by atoms with Gasteiger partial charge in [-0.1, -0.05) is 47.6 Å². The Morgan fingerprint density at radius 1 is 0.955 bits per heavy atom. The highest BCUT2D eigenvalue weighted by Gasteiger charge is 2.43. The van der Waals surface area contributed by atoms with Crippen molar-refractivity contribution in [3.63, 3.8) is 0 Å². The molecule has 0 spiro atoms. The first-order valence-corrected chi connectivity index (χ1v) is 20.7. The molecule has 0 heterocycles. The van der Waals surface area contributed by atoms with E-state index in [0.717, 1.165) is 25.5 Å². The summed E-state index contributed by atoms with van der Waals surface area (Å²) >= 11 is 1.65. The lowest BCUT2D eigenvalue weighted by Crippen LogP contribution is -2.49. The van der Waals surface area contributed by atoms with Gasteiger partial charge in [-0.05, 0) is 95.2 Å². The van der Waals surface area contributed by atoms with E-state index < -0.39 is 13.7 Å². The summed E-state index contributed by atoms with van der Waals surface area (Å²) in [6.07, 6.45) is 8.73. The van der Waals surface area contributed by atoms with Gasteiger partial charge < -0.3 is 28.2 Å². The van der Waals surface area contributed by atoms with Crippen LogP contribution in [0.15, 0.2) is 11.6 Å². The van der Waals surface area contributed by atoms with Crippen molar-refractivity contribution in [3.8, 4) is 0 Å². The molecule has 0 saturated carbocycles. The van der Waals surface area contributed by atoms with Crippen LogP contribution in [-0.2, 0) is 33.0 Å². The van der Waals surface area contributed by atoms with Gasteiger partial charge in [0.05, 0.1) is 36.3 Å². The van der Waals surface area contributed by atoms with E-state index in [1.807, 2.05) is 27.0 Å². The van der Waals surface area contributed by atoms with Crippen LogP contribution in [0.2, 0.25) is 18.1 Å². The maximum Gasteiger partial charge on any atom is 0.311 e. The van der Waals surface area contributed by atoms with Crippen LogP contribution >= 0.6 is 11.8 Å². The third-order valence-electron chi connectivity index (χ3n) is 9.16. The van der Waals surface area contributed by atoms with Crippen molar-refractivity contribution < 1.29 is 33.0 Å². The summed E-state index contributed by atoms with van der Waals surface area (Å²) < 4.78 is 30.4. The molecule has 0 fully saturated rings. The highest BCUT2D eigenvalue weighted by atomic mass is 32.2. The Balaban J connectivity index is 5.87. The fourth-order valence-corrected chi connectivity index (χ4v) is 6.73. The lowest BCUT2D eigenvalue weighted by molar-refractivity contribution is -0.154. The minimum absolute atomic E-state index is 0.0121. The molecule has 9 heteroatoms. The van der Waals surface area contributed by atoms with Crippen LogP contribution in [0.3, 0.4) is 0 Å². The molecular formula is C35H68O7SSi. The third-order valence-corrected chi connectivity index (χ3v) is 14.0. The molecule has 44 heavy (non-hydrogen) atoms. The van der Waals surface area contributed by atoms with E-state index in [9.17, 15) is 9.59 Å². The molecular weight excluding hydrogens is 593 g/mol. The average molecular weight is 661 g/mol.